The Bertz CT molecular complexity index is 1650. The second-order valence-corrected chi connectivity index (χ2v) is 13.3. The quantitative estimate of drug-likeness (QED) is 0.169. The van der Waals surface area contributed by atoms with E-state index in [9.17, 15) is 8.42 Å². The number of para-hydroxylation sites is 1. The molecule has 1 unspecified atom stereocenters. The minimum atomic E-state index is -4.06. The third kappa shape index (κ3) is 6.62. The lowest BCUT2D eigenvalue weighted by molar-refractivity contribution is -0.0896. The van der Waals surface area contributed by atoms with Crippen LogP contribution < -0.4 is 0 Å². The molecule has 0 spiro atoms. The number of hydrogen-bond donors (Lipinski definition) is 0. The van der Waals surface area contributed by atoms with Gasteiger partial charge in [-0.1, -0.05) is 103 Å². The average Bonchev–Trinajstić information content (AvgIpc) is 3.63. The van der Waals surface area contributed by atoms with Gasteiger partial charge in [0.25, 0.3) is 0 Å². The topological polar surface area (TPSA) is 84.0 Å². The Labute approximate surface area is 249 Å². The zero-order valence-corrected chi connectivity index (χ0v) is 24.5. The van der Waals surface area contributed by atoms with Gasteiger partial charge in [-0.25, -0.2) is 13.4 Å². The van der Waals surface area contributed by atoms with Crippen LogP contribution in [0.5, 0.6) is 0 Å². The number of aromatic nitrogens is 1. The molecule has 0 N–H and O–H groups in total. The molecule has 7 nitrogen and oxygen atoms in total. The van der Waals surface area contributed by atoms with Crippen LogP contribution in [0.2, 0.25) is 0 Å². The van der Waals surface area contributed by atoms with Crippen molar-refractivity contribution in [3.05, 3.63) is 132 Å². The Balaban J connectivity index is 1.30. The lowest BCUT2D eigenvalue weighted by Gasteiger charge is -2.25. The Morgan fingerprint density at radius 3 is 1.79 bits per heavy atom. The van der Waals surface area contributed by atoms with Crippen molar-refractivity contribution in [3.8, 4) is 0 Å². The van der Waals surface area contributed by atoms with E-state index in [0.29, 0.717) is 12.1 Å². The summed E-state index contributed by atoms with van der Waals surface area (Å²) in [5, 5.41) is 0. The smallest absolute Gasteiger partial charge is 0.234 e. The van der Waals surface area contributed by atoms with E-state index < -0.39 is 33.6 Å². The fourth-order valence-electron chi connectivity index (χ4n) is 4.93. The van der Waals surface area contributed by atoms with Crippen molar-refractivity contribution < 1.29 is 27.4 Å². The summed E-state index contributed by atoms with van der Waals surface area (Å²) in [5.74, 6) is 0. The molecular formula is C33H31NO6S2. The first-order valence-corrected chi connectivity index (χ1v) is 16.1. The number of rotatable bonds is 12. The van der Waals surface area contributed by atoms with Gasteiger partial charge in [0.15, 0.2) is 5.44 Å². The molecule has 2 heterocycles. The van der Waals surface area contributed by atoms with Crippen molar-refractivity contribution in [1.29, 1.82) is 0 Å². The minimum Gasteiger partial charge on any atom is -0.374 e. The zero-order chi connectivity index (χ0) is 28.8. The van der Waals surface area contributed by atoms with Gasteiger partial charge in [-0.05, 0) is 28.8 Å². The number of nitrogens with zero attached hydrogens (tertiary/aromatic N) is 1. The van der Waals surface area contributed by atoms with E-state index in [4.69, 9.17) is 18.9 Å². The Hall–Kier alpha value is -3.44. The van der Waals surface area contributed by atoms with E-state index in [1.165, 1.54) is 0 Å². The number of hydrogen-bond acceptors (Lipinski definition) is 8. The maximum atomic E-state index is 14.1. The molecule has 1 aromatic heterocycles. The lowest BCUT2D eigenvalue weighted by atomic mass is 10.1. The first kappa shape index (κ1) is 28.7. The maximum absolute atomic E-state index is 14.1. The molecule has 0 bridgehead atoms. The summed E-state index contributed by atoms with van der Waals surface area (Å²) in [7, 11) is -4.06. The fraction of sp³-hybridized carbons (Fsp3) is 0.242. The van der Waals surface area contributed by atoms with Crippen molar-refractivity contribution >= 4 is 31.4 Å². The molecular weight excluding hydrogens is 570 g/mol. The van der Waals surface area contributed by atoms with Crippen LogP contribution in [-0.2, 0) is 48.6 Å². The molecule has 5 aromatic rings. The monoisotopic (exact) mass is 601 g/mol. The predicted octanol–water partition coefficient (Wildman–Crippen LogP) is 6.18. The summed E-state index contributed by atoms with van der Waals surface area (Å²) in [5.41, 5.74) is 2.18. The normalized spacial score (nSPS) is 20.7. The number of benzene rings is 4. The van der Waals surface area contributed by atoms with E-state index in [0.717, 1.165) is 32.7 Å². The van der Waals surface area contributed by atoms with Gasteiger partial charge < -0.3 is 18.9 Å². The highest BCUT2D eigenvalue weighted by molar-refractivity contribution is 7.94. The molecule has 1 aliphatic rings. The van der Waals surface area contributed by atoms with Crippen molar-refractivity contribution in [3.63, 3.8) is 0 Å². The van der Waals surface area contributed by atoms with E-state index >= 15 is 0 Å². The molecule has 1 aliphatic heterocycles. The molecule has 216 valence electrons. The average molecular weight is 602 g/mol. The first-order chi connectivity index (χ1) is 20.6. The highest BCUT2D eigenvalue weighted by Gasteiger charge is 2.53. The predicted molar refractivity (Wildman–Crippen MR) is 162 cm³/mol. The molecule has 4 aromatic carbocycles. The van der Waals surface area contributed by atoms with Gasteiger partial charge in [-0.3, -0.25) is 0 Å². The lowest BCUT2D eigenvalue weighted by Crippen LogP contribution is -2.41. The molecule has 1 saturated heterocycles. The van der Waals surface area contributed by atoms with E-state index in [-0.39, 0.29) is 24.2 Å². The second-order valence-electron chi connectivity index (χ2n) is 10.1. The molecule has 4 atom stereocenters. The third-order valence-electron chi connectivity index (χ3n) is 7.06. The van der Waals surface area contributed by atoms with Gasteiger partial charge in [0, 0.05) is 0 Å². The van der Waals surface area contributed by atoms with Crippen LogP contribution >= 0.6 is 11.3 Å². The molecule has 0 amide bonds. The van der Waals surface area contributed by atoms with Crippen LogP contribution in [0.15, 0.2) is 120 Å². The minimum absolute atomic E-state index is 0.00493. The molecule has 0 aliphatic carbocycles. The van der Waals surface area contributed by atoms with Gasteiger partial charge in [-0.15, -0.1) is 11.3 Å². The first-order valence-electron chi connectivity index (χ1n) is 13.8. The van der Waals surface area contributed by atoms with Gasteiger partial charge in [-0.2, -0.15) is 0 Å². The Morgan fingerprint density at radius 2 is 1.19 bits per heavy atom. The standard InChI is InChI=1S/C33H31NO6S2/c35-42(36,33-34-27-18-10-11-19-29(27)41-33)32-31(39-22-26-16-8-3-9-17-26)30(38-21-25-14-6-2-7-15-25)28(40-32)23-37-20-24-12-4-1-5-13-24/h1-19,28,30-32H,20-23H2/t28-,30-,31+,32?/m1/s1. The van der Waals surface area contributed by atoms with Gasteiger partial charge >= 0.3 is 0 Å². The van der Waals surface area contributed by atoms with E-state index in [2.05, 4.69) is 4.98 Å². The van der Waals surface area contributed by atoms with Crippen LogP contribution in [0.1, 0.15) is 16.7 Å². The Morgan fingerprint density at radius 1 is 0.667 bits per heavy atom. The van der Waals surface area contributed by atoms with Crippen molar-refractivity contribution in [2.75, 3.05) is 6.61 Å². The summed E-state index contributed by atoms with van der Waals surface area (Å²) in [6.45, 7) is 0.953. The van der Waals surface area contributed by atoms with E-state index in [1.807, 2.05) is 109 Å². The Kier molecular flexibility index (Phi) is 9.04. The summed E-state index contributed by atoms with van der Waals surface area (Å²) in [4.78, 5) is 4.45. The summed E-state index contributed by atoms with van der Waals surface area (Å²) < 4.78 is 54.2. The zero-order valence-electron chi connectivity index (χ0n) is 22.8. The van der Waals surface area contributed by atoms with Crippen LogP contribution in [0, 0.1) is 0 Å². The van der Waals surface area contributed by atoms with Crippen LogP contribution in [0.25, 0.3) is 10.2 Å². The van der Waals surface area contributed by atoms with Crippen molar-refractivity contribution in [2.24, 2.45) is 0 Å². The highest BCUT2D eigenvalue weighted by Crippen LogP contribution is 2.37. The molecule has 6 rings (SSSR count). The number of ether oxygens (including phenoxy) is 4. The van der Waals surface area contributed by atoms with Gasteiger partial charge in [0.1, 0.15) is 18.3 Å². The van der Waals surface area contributed by atoms with Gasteiger partial charge in [0.2, 0.25) is 14.2 Å². The summed E-state index contributed by atoms with van der Waals surface area (Å²) in [6.07, 6.45) is -2.32. The molecule has 9 heteroatoms. The molecule has 42 heavy (non-hydrogen) atoms. The maximum Gasteiger partial charge on any atom is 0.234 e. The number of thiazole rings is 1. The number of sulfone groups is 1. The molecule has 1 fully saturated rings. The van der Waals surface area contributed by atoms with E-state index in [1.54, 1.807) is 6.07 Å². The molecule has 0 radical (unpaired) electrons. The number of fused-ring (bicyclic) bond motifs is 1. The van der Waals surface area contributed by atoms with Crippen LogP contribution in [0.3, 0.4) is 0 Å². The summed E-state index contributed by atoms with van der Waals surface area (Å²) >= 11 is 1.13. The van der Waals surface area contributed by atoms with Crippen LogP contribution in [-0.4, -0.2) is 43.8 Å². The largest absolute Gasteiger partial charge is 0.374 e. The summed E-state index contributed by atoms with van der Waals surface area (Å²) in [6, 6.07) is 36.5. The second kappa shape index (κ2) is 13.2. The third-order valence-corrected chi connectivity index (χ3v) is 10.4. The van der Waals surface area contributed by atoms with Crippen molar-refractivity contribution in [2.45, 2.75) is 47.9 Å². The highest BCUT2D eigenvalue weighted by atomic mass is 32.2. The van der Waals surface area contributed by atoms with Crippen LogP contribution in [0.4, 0.5) is 0 Å². The van der Waals surface area contributed by atoms with Crippen molar-refractivity contribution in [1.82, 2.24) is 4.98 Å². The SMILES string of the molecule is O=S(=O)(c1nc2ccccc2s1)C1O[C@H](COCc2ccccc2)[C@@H](OCc2ccccc2)[C@@H]1OCc1ccccc1. The molecule has 0 saturated carbocycles. The fourth-order valence-corrected chi connectivity index (χ4v) is 7.94. The van der Waals surface area contributed by atoms with Gasteiger partial charge in [0.05, 0.1) is 36.6 Å².